The van der Waals surface area contributed by atoms with Crippen LogP contribution in [0.15, 0.2) is 18.2 Å². The molecule has 4 heteroatoms. The molecule has 1 atom stereocenters. The Morgan fingerprint density at radius 3 is 2.94 bits per heavy atom. The third-order valence-electron chi connectivity index (χ3n) is 2.69. The smallest absolute Gasteiger partial charge is 0.0670 e. The lowest BCUT2D eigenvalue weighted by molar-refractivity contribution is 0.164. The molecule has 0 aliphatic rings. The van der Waals surface area contributed by atoms with Gasteiger partial charge in [0.25, 0.3) is 0 Å². The average Bonchev–Trinajstić information content (AvgIpc) is 2.33. The molecule has 0 saturated heterocycles. The number of hydrogen-bond acceptors (Lipinski definition) is 4. The van der Waals surface area contributed by atoms with Crippen LogP contribution >= 0.6 is 0 Å². The van der Waals surface area contributed by atoms with E-state index in [0.717, 1.165) is 17.7 Å². The van der Waals surface area contributed by atoms with Crippen molar-refractivity contribution >= 4 is 11.4 Å². The van der Waals surface area contributed by atoms with Gasteiger partial charge in [-0.2, -0.15) is 5.26 Å². The van der Waals surface area contributed by atoms with Crippen molar-refractivity contribution in [2.45, 2.75) is 32.3 Å². The summed E-state index contributed by atoms with van der Waals surface area (Å²) in [5.74, 6) is 0. The second-order valence-electron chi connectivity index (χ2n) is 4.03. The van der Waals surface area contributed by atoms with Crippen molar-refractivity contribution in [3.8, 4) is 6.07 Å². The van der Waals surface area contributed by atoms with Gasteiger partial charge in [0.1, 0.15) is 0 Å². The standard InChI is InChI=1S/C13H19N3O/c1-2-12(17)6-8-16-11-3-4-13(15)10(9-11)5-7-14/h3-4,9,12,16-17H,2,5-6,8,15H2,1H3. The van der Waals surface area contributed by atoms with Crippen LogP contribution in [-0.4, -0.2) is 17.8 Å². The molecule has 0 heterocycles. The van der Waals surface area contributed by atoms with Gasteiger partial charge in [0.15, 0.2) is 0 Å². The van der Waals surface area contributed by atoms with Crippen LogP contribution in [0.1, 0.15) is 25.3 Å². The van der Waals surface area contributed by atoms with Gasteiger partial charge in [-0.05, 0) is 36.6 Å². The van der Waals surface area contributed by atoms with Crippen LogP contribution in [0.3, 0.4) is 0 Å². The second kappa shape index (κ2) is 6.77. The largest absolute Gasteiger partial charge is 0.398 e. The lowest BCUT2D eigenvalue weighted by atomic mass is 10.1. The predicted molar refractivity (Wildman–Crippen MR) is 69.6 cm³/mol. The van der Waals surface area contributed by atoms with Gasteiger partial charge in [-0.3, -0.25) is 0 Å². The Hall–Kier alpha value is -1.73. The molecule has 1 aromatic rings. The quantitative estimate of drug-likeness (QED) is 0.655. The lowest BCUT2D eigenvalue weighted by Crippen LogP contribution is -2.12. The number of anilines is 2. The summed E-state index contributed by atoms with van der Waals surface area (Å²) in [6, 6.07) is 7.65. The van der Waals surface area contributed by atoms with Crippen LogP contribution in [0, 0.1) is 11.3 Å². The Morgan fingerprint density at radius 2 is 2.29 bits per heavy atom. The fourth-order valence-electron chi connectivity index (χ4n) is 1.54. The van der Waals surface area contributed by atoms with Crippen molar-refractivity contribution in [1.29, 1.82) is 5.26 Å². The average molecular weight is 233 g/mol. The minimum atomic E-state index is -0.255. The van der Waals surface area contributed by atoms with Crippen LogP contribution in [0.2, 0.25) is 0 Å². The van der Waals surface area contributed by atoms with Gasteiger partial charge in [0.2, 0.25) is 0 Å². The number of rotatable bonds is 6. The molecular weight excluding hydrogens is 214 g/mol. The summed E-state index contributed by atoms with van der Waals surface area (Å²) in [6.07, 6.45) is 1.55. The molecule has 1 unspecified atom stereocenters. The molecule has 4 nitrogen and oxygen atoms in total. The molecule has 1 rings (SSSR count). The highest BCUT2D eigenvalue weighted by atomic mass is 16.3. The van der Waals surface area contributed by atoms with E-state index in [-0.39, 0.29) is 6.10 Å². The second-order valence-corrected chi connectivity index (χ2v) is 4.03. The van der Waals surface area contributed by atoms with E-state index in [2.05, 4.69) is 11.4 Å². The summed E-state index contributed by atoms with van der Waals surface area (Å²) < 4.78 is 0. The van der Waals surface area contributed by atoms with Crippen molar-refractivity contribution in [3.05, 3.63) is 23.8 Å². The molecule has 92 valence electrons. The summed E-state index contributed by atoms with van der Waals surface area (Å²) in [4.78, 5) is 0. The van der Waals surface area contributed by atoms with E-state index in [1.165, 1.54) is 0 Å². The van der Waals surface area contributed by atoms with Gasteiger partial charge < -0.3 is 16.2 Å². The topological polar surface area (TPSA) is 82.1 Å². The van der Waals surface area contributed by atoms with E-state index >= 15 is 0 Å². The highest BCUT2D eigenvalue weighted by Gasteiger charge is 2.02. The zero-order chi connectivity index (χ0) is 12.7. The molecule has 1 aromatic carbocycles. The third-order valence-corrected chi connectivity index (χ3v) is 2.69. The van der Waals surface area contributed by atoms with Gasteiger partial charge in [-0.1, -0.05) is 6.92 Å². The van der Waals surface area contributed by atoms with Crippen LogP contribution in [0.4, 0.5) is 11.4 Å². The molecule has 0 radical (unpaired) electrons. The van der Waals surface area contributed by atoms with E-state index in [4.69, 9.17) is 11.0 Å². The molecule has 0 bridgehead atoms. The monoisotopic (exact) mass is 233 g/mol. The predicted octanol–water partition coefficient (Wildman–Crippen LogP) is 1.91. The third kappa shape index (κ3) is 4.33. The van der Waals surface area contributed by atoms with Crippen LogP contribution in [0.25, 0.3) is 0 Å². The first-order valence-corrected chi connectivity index (χ1v) is 5.84. The summed E-state index contributed by atoms with van der Waals surface area (Å²) in [5, 5.41) is 21.3. The van der Waals surface area contributed by atoms with E-state index in [1.54, 1.807) is 6.07 Å². The fraction of sp³-hybridized carbons (Fsp3) is 0.462. The molecule has 0 aromatic heterocycles. The summed E-state index contributed by atoms with van der Waals surface area (Å²) in [7, 11) is 0. The number of nitrogens with two attached hydrogens (primary N) is 1. The lowest BCUT2D eigenvalue weighted by Gasteiger charge is -2.11. The van der Waals surface area contributed by atoms with E-state index in [1.807, 2.05) is 19.1 Å². The normalized spacial score (nSPS) is 11.8. The van der Waals surface area contributed by atoms with Crippen LogP contribution < -0.4 is 11.1 Å². The maximum absolute atomic E-state index is 9.42. The number of benzene rings is 1. The number of nitrogen functional groups attached to an aromatic ring is 1. The SMILES string of the molecule is CCC(O)CCNc1ccc(N)c(CC#N)c1. The van der Waals surface area contributed by atoms with Gasteiger partial charge in [-0.15, -0.1) is 0 Å². The minimum absolute atomic E-state index is 0.255. The molecular formula is C13H19N3O. The minimum Gasteiger partial charge on any atom is -0.398 e. The number of nitrogens with zero attached hydrogens (tertiary/aromatic N) is 1. The maximum atomic E-state index is 9.42. The highest BCUT2D eigenvalue weighted by Crippen LogP contribution is 2.18. The zero-order valence-electron chi connectivity index (χ0n) is 10.1. The van der Waals surface area contributed by atoms with Crippen LogP contribution in [-0.2, 0) is 6.42 Å². The Labute approximate surface area is 102 Å². The van der Waals surface area contributed by atoms with E-state index in [0.29, 0.717) is 25.1 Å². The first kappa shape index (κ1) is 13.3. The van der Waals surface area contributed by atoms with Crippen molar-refractivity contribution in [1.82, 2.24) is 0 Å². The number of aliphatic hydroxyl groups excluding tert-OH is 1. The molecule has 0 aliphatic heterocycles. The van der Waals surface area contributed by atoms with Gasteiger partial charge in [0.05, 0.1) is 18.6 Å². The van der Waals surface area contributed by atoms with E-state index in [9.17, 15) is 5.11 Å². The highest BCUT2D eigenvalue weighted by molar-refractivity contribution is 5.57. The van der Waals surface area contributed by atoms with Gasteiger partial charge >= 0.3 is 0 Å². The Bertz CT molecular complexity index is 398. The molecule has 0 saturated carbocycles. The number of aliphatic hydroxyl groups is 1. The summed E-state index contributed by atoms with van der Waals surface area (Å²) in [5.41, 5.74) is 8.18. The summed E-state index contributed by atoms with van der Waals surface area (Å²) in [6.45, 7) is 2.67. The zero-order valence-corrected chi connectivity index (χ0v) is 10.1. The molecule has 0 fully saturated rings. The molecule has 4 N–H and O–H groups in total. The Balaban J connectivity index is 2.54. The molecule has 17 heavy (non-hydrogen) atoms. The van der Waals surface area contributed by atoms with Crippen molar-refractivity contribution in [2.75, 3.05) is 17.6 Å². The van der Waals surface area contributed by atoms with Gasteiger partial charge in [-0.25, -0.2) is 0 Å². The first-order valence-electron chi connectivity index (χ1n) is 5.84. The van der Waals surface area contributed by atoms with Crippen molar-refractivity contribution in [3.63, 3.8) is 0 Å². The number of nitriles is 1. The number of hydrogen-bond donors (Lipinski definition) is 3. The first-order chi connectivity index (χ1) is 8.17. The van der Waals surface area contributed by atoms with Crippen molar-refractivity contribution in [2.24, 2.45) is 0 Å². The molecule has 0 aliphatic carbocycles. The number of nitrogens with one attached hydrogen (secondary N) is 1. The molecule has 0 spiro atoms. The Kier molecular flexibility index (Phi) is 5.31. The van der Waals surface area contributed by atoms with Gasteiger partial charge in [0, 0.05) is 17.9 Å². The fourth-order valence-corrected chi connectivity index (χ4v) is 1.54. The van der Waals surface area contributed by atoms with E-state index < -0.39 is 0 Å². The maximum Gasteiger partial charge on any atom is 0.0670 e. The van der Waals surface area contributed by atoms with Crippen LogP contribution in [0.5, 0.6) is 0 Å². The van der Waals surface area contributed by atoms with Crippen molar-refractivity contribution < 1.29 is 5.11 Å². The Morgan fingerprint density at radius 1 is 1.53 bits per heavy atom. The summed E-state index contributed by atoms with van der Waals surface area (Å²) >= 11 is 0. The molecule has 0 amide bonds.